The largest absolute Gasteiger partial charge is 0.278 e. The van der Waals surface area contributed by atoms with Gasteiger partial charge in [-0.05, 0) is 29.8 Å². The summed E-state index contributed by atoms with van der Waals surface area (Å²) in [5, 5.41) is 2.70. The fourth-order valence-electron chi connectivity index (χ4n) is 3.22. The molecule has 28 heavy (non-hydrogen) atoms. The summed E-state index contributed by atoms with van der Waals surface area (Å²) < 4.78 is 2.10. The van der Waals surface area contributed by atoms with Gasteiger partial charge in [0.15, 0.2) is 5.16 Å². The van der Waals surface area contributed by atoms with E-state index in [1.807, 2.05) is 48.5 Å². The molecule has 0 aliphatic rings. The van der Waals surface area contributed by atoms with Gasteiger partial charge in [-0.1, -0.05) is 78.0 Å². The second kappa shape index (κ2) is 7.30. The molecule has 0 bridgehead atoms. The summed E-state index contributed by atoms with van der Waals surface area (Å²) >= 11 is 7.76. The molecule has 0 radical (unpaired) electrons. The molecule has 0 saturated heterocycles. The molecule has 0 saturated carbocycles. The number of hydrogen-bond donors (Lipinski definition) is 0. The molecule has 2 aromatic heterocycles. The number of fused-ring (bicyclic) bond motifs is 3. The predicted molar refractivity (Wildman–Crippen MR) is 117 cm³/mol. The zero-order chi connectivity index (χ0) is 18.9. The van der Waals surface area contributed by atoms with E-state index in [0.717, 1.165) is 43.7 Å². The SMILES string of the molecule is Clc1ccc(-c2cn3c(SCc4ccccc4)nc4ccccc4c3n2)cc1. The molecule has 0 unspecified atom stereocenters. The molecular weight excluding hydrogens is 386 g/mol. The molecule has 3 aromatic carbocycles. The molecule has 3 nitrogen and oxygen atoms in total. The van der Waals surface area contributed by atoms with Gasteiger partial charge in [0.05, 0.1) is 11.2 Å². The average molecular weight is 402 g/mol. The van der Waals surface area contributed by atoms with Crippen LogP contribution in [0.1, 0.15) is 5.56 Å². The summed E-state index contributed by atoms with van der Waals surface area (Å²) in [4.78, 5) is 9.83. The van der Waals surface area contributed by atoms with E-state index in [0.29, 0.717) is 0 Å². The van der Waals surface area contributed by atoms with Gasteiger partial charge in [0.25, 0.3) is 0 Å². The molecule has 0 amide bonds. The minimum absolute atomic E-state index is 0.721. The summed E-state index contributed by atoms with van der Waals surface area (Å²) in [6, 6.07) is 26.4. The minimum atomic E-state index is 0.721. The molecule has 2 heterocycles. The van der Waals surface area contributed by atoms with Crippen molar-refractivity contribution in [3.05, 3.63) is 95.6 Å². The van der Waals surface area contributed by atoms with Crippen molar-refractivity contribution in [3.63, 3.8) is 0 Å². The first kappa shape index (κ1) is 17.3. The molecule has 0 atom stereocenters. The van der Waals surface area contributed by atoms with Gasteiger partial charge in [-0.15, -0.1) is 0 Å². The van der Waals surface area contributed by atoms with E-state index in [4.69, 9.17) is 21.6 Å². The number of nitrogens with zero attached hydrogens (tertiary/aromatic N) is 3. The Kier molecular flexibility index (Phi) is 4.51. The Morgan fingerprint density at radius 1 is 0.821 bits per heavy atom. The van der Waals surface area contributed by atoms with Gasteiger partial charge in [0.1, 0.15) is 5.65 Å². The van der Waals surface area contributed by atoms with Crippen LogP contribution < -0.4 is 0 Å². The number of thioether (sulfide) groups is 1. The van der Waals surface area contributed by atoms with Crippen molar-refractivity contribution >= 4 is 39.9 Å². The van der Waals surface area contributed by atoms with Crippen molar-refractivity contribution in [2.24, 2.45) is 0 Å². The lowest BCUT2D eigenvalue weighted by molar-refractivity contribution is 0.928. The van der Waals surface area contributed by atoms with Gasteiger partial charge >= 0.3 is 0 Å². The van der Waals surface area contributed by atoms with Gasteiger partial charge < -0.3 is 0 Å². The van der Waals surface area contributed by atoms with Crippen LogP contribution in [0.25, 0.3) is 27.8 Å². The second-order valence-electron chi connectivity index (χ2n) is 6.51. The highest BCUT2D eigenvalue weighted by Crippen LogP contribution is 2.30. The van der Waals surface area contributed by atoms with Crippen molar-refractivity contribution < 1.29 is 0 Å². The number of hydrogen-bond acceptors (Lipinski definition) is 3. The fourth-order valence-corrected chi connectivity index (χ4v) is 4.27. The Hall–Kier alpha value is -2.82. The molecule has 0 N–H and O–H groups in total. The van der Waals surface area contributed by atoms with E-state index in [-0.39, 0.29) is 0 Å². The lowest BCUT2D eigenvalue weighted by atomic mass is 10.2. The van der Waals surface area contributed by atoms with Crippen LogP contribution in [0.4, 0.5) is 0 Å². The third-order valence-electron chi connectivity index (χ3n) is 4.62. The van der Waals surface area contributed by atoms with Crippen LogP contribution in [0.3, 0.4) is 0 Å². The van der Waals surface area contributed by atoms with Crippen LogP contribution in [0.5, 0.6) is 0 Å². The summed E-state index contributed by atoms with van der Waals surface area (Å²) in [5.41, 5.74) is 5.10. The highest BCUT2D eigenvalue weighted by molar-refractivity contribution is 7.98. The summed E-state index contributed by atoms with van der Waals surface area (Å²) in [5.74, 6) is 0.857. The first-order chi connectivity index (χ1) is 13.8. The van der Waals surface area contributed by atoms with E-state index in [2.05, 4.69) is 40.9 Å². The summed E-state index contributed by atoms with van der Waals surface area (Å²) in [7, 11) is 0. The first-order valence-corrected chi connectivity index (χ1v) is 10.3. The Bertz CT molecular complexity index is 1260. The molecule has 5 aromatic rings. The Morgan fingerprint density at radius 3 is 2.39 bits per heavy atom. The van der Waals surface area contributed by atoms with Crippen LogP contribution in [0.2, 0.25) is 5.02 Å². The highest BCUT2D eigenvalue weighted by atomic mass is 35.5. The van der Waals surface area contributed by atoms with Crippen LogP contribution in [-0.2, 0) is 5.75 Å². The van der Waals surface area contributed by atoms with E-state index >= 15 is 0 Å². The fraction of sp³-hybridized carbons (Fsp3) is 0.0435. The lowest BCUT2D eigenvalue weighted by Crippen LogP contribution is -1.95. The maximum atomic E-state index is 6.04. The molecule has 0 aliphatic heterocycles. The smallest absolute Gasteiger partial charge is 0.174 e. The molecule has 5 heteroatoms. The first-order valence-electron chi connectivity index (χ1n) is 8.98. The Morgan fingerprint density at radius 2 is 1.57 bits per heavy atom. The van der Waals surface area contributed by atoms with E-state index in [1.165, 1.54) is 5.56 Å². The standard InChI is InChI=1S/C23H16ClN3S/c24-18-12-10-17(11-13-18)21-14-27-22(25-21)19-8-4-5-9-20(19)26-23(27)28-15-16-6-2-1-3-7-16/h1-14H,15H2. The number of halogens is 1. The quantitative estimate of drug-likeness (QED) is 0.254. The van der Waals surface area contributed by atoms with Gasteiger partial charge in [0.2, 0.25) is 0 Å². The normalized spacial score (nSPS) is 11.3. The van der Waals surface area contributed by atoms with Gasteiger partial charge in [-0.2, -0.15) is 0 Å². The molecule has 5 rings (SSSR count). The Labute approximate surface area is 172 Å². The van der Waals surface area contributed by atoms with Gasteiger partial charge in [-0.25, -0.2) is 9.97 Å². The summed E-state index contributed by atoms with van der Waals surface area (Å²) in [6.45, 7) is 0. The number of benzene rings is 3. The number of rotatable bonds is 4. The van der Waals surface area contributed by atoms with Gasteiger partial charge in [-0.3, -0.25) is 4.40 Å². The number of imidazole rings is 1. The predicted octanol–water partition coefficient (Wildman–Crippen LogP) is 6.50. The van der Waals surface area contributed by atoms with Crippen molar-refractivity contribution in [1.29, 1.82) is 0 Å². The van der Waals surface area contributed by atoms with Crippen LogP contribution in [0.15, 0.2) is 90.2 Å². The molecule has 0 spiro atoms. The molecule has 0 fully saturated rings. The van der Waals surface area contributed by atoms with Crippen molar-refractivity contribution in [3.8, 4) is 11.3 Å². The van der Waals surface area contributed by atoms with E-state index in [9.17, 15) is 0 Å². The minimum Gasteiger partial charge on any atom is -0.278 e. The monoisotopic (exact) mass is 401 g/mol. The van der Waals surface area contributed by atoms with E-state index in [1.54, 1.807) is 11.8 Å². The van der Waals surface area contributed by atoms with Crippen LogP contribution in [-0.4, -0.2) is 14.4 Å². The maximum absolute atomic E-state index is 6.04. The molecule has 0 aliphatic carbocycles. The average Bonchev–Trinajstić information content (AvgIpc) is 3.19. The van der Waals surface area contributed by atoms with Crippen molar-refractivity contribution in [2.45, 2.75) is 10.9 Å². The third kappa shape index (κ3) is 3.26. The van der Waals surface area contributed by atoms with Crippen LogP contribution in [0, 0.1) is 0 Å². The molecular formula is C23H16ClN3S. The zero-order valence-electron chi connectivity index (χ0n) is 14.9. The third-order valence-corrected chi connectivity index (χ3v) is 5.90. The van der Waals surface area contributed by atoms with Crippen molar-refractivity contribution in [2.75, 3.05) is 0 Å². The Balaban J connectivity index is 1.64. The number of aromatic nitrogens is 3. The zero-order valence-corrected chi connectivity index (χ0v) is 16.5. The highest BCUT2D eigenvalue weighted by Gasteiger charge is 2.13. The number of para-hydroxylation sites is 1. The van der Waals surface area contributed by atoms with E-state index < -0.39 is 0 Å². The maximum Gasteiger partial charge on any atom is 0.174 e. The van der Waals surface area contributed by atoms with Crippen molar-refractivity contribution in [1.82, 2.24) is 14.4 Å². The van der Waals surface area contributed by atoms with Crippen LogP contribution >= 0.6 is 23.4 Å². The topological polar surface area (TPSA) is 30.2 Å². The van der Waals surface area contributed by atoms with Gasteiger partial charge in [0, 0.05) is 27.9 Å². The molecule has 136 valence electrons. The second-order valence-corrected chi connectivity index (χ2v) is 7.89. The lowest BCUT2D eigenvalue weighted by Gasteiger charge is -2.07. The summed E-state index contributed by atoms with van der Waals surface area (Å²) in [6.07, 6.45) is 2.06.